The van der Waals surface area contributed by atoms with Crippen LogP contribution in [0.25, 0.3) is 0 Å². The Kier molecular flexibility index (Phi) is 4.36. The van der Waals surface area contributed by atoms with Crippen molar-refractivity contribution in [1.29, 1.82) is 0 Å². The van der Waals surface area contributed by atoms with Crippen LogP contribution in [0.15, 0.2) is 12.2 Å². The number of carboxylic acids is 1. The van der Waals surface area contributed by atoms with E-state index in [9.17, 15) is 9.59 Å². The molecule has 2 aliphatic rings. The summed E-state index contributed by atoms with van der Waals surface area (Å²) in [5, 5.41) is 8.75. The number of nitrogens with zero attached hydrogens (tertiary/aromatic N) is 1. The molecule has 1 saturated heterocycles. The van der Waals surface area contributed by atoms with Gasteiger partial charge >= 0.3 is 5.97 Å². The molecule has 1 heterocycles. The highest BCUT2D eigenvalue weighted by molar-refractivity contribution is 5.79. The number of aliphatic carboxylic acids is 1. The molecule has 0 aromatic carbocycles. The van der Waals surface area contributed by atoms with Crippen LogP contribution in [0, 0.1) is 5.92 Å². The molecule has 0 aromatic rings. The maximum Gasteiger partial charge on any atom is 0.306 e. The van der Waals surface area contributed by atoms with Gasteiger partial charge in [-0.15, -0.1) is 0 Å². The van der Waals surface area contributed by atoms with E-state index in [0.717, 1.165) is 19.3 Å². The van der Waals surface area contributed by atoms with Gasteiger partial charge in [0.25, 0.3) is 0 Å². The lowest BCUT2D eigenvalue weighted by atomic mass is 9.93. The van der Waals surface area contributed by atoms with Gasteiger partial charge < -0.3 is 14.7 Å². The molecular formula is C13H19NO4. The summed E-state index contributed by atoms with van der Waals surface area (Å²) in [6, 6.07) is 0. The zero-order chi connectivity index (χ0) is 13.0. The van der Waals surface area contributed by atoms with Gasteiger partial charge in [-0.3, -0.25) is 9.59 Å². The normalized spacial score (nSPS) is 28.1. The van der Waals surface area contributed by atoms with E-state index >= 15 is 0 Å². The van der Waals surface area contributed by atoms with Crippen molar-refractivity contribution in [1.82, 2.24) is 4.90 Å². The first-order valence-electron chi connectivity index (χ1n) is 6.44. The number of rotatable bonds is 3. The molecule has 0 aromatic heterocycles. The Hall–Kier alpha value is -1.36. The number of carbonyl (C=O) groups is 2. The van der Waals surface area contributed by atoms with E-state index in [-0.39, 0.29) is 24.3 Å². The number of hydrogen-bond donors (Lipinski definition) is 1. The highest BCUT2D eigenvalue weighted by Crippen LogP contribution is 2.22. The molecule has 1 fully saturated rings. The van der Waals surface area contributed by atoms with Gasteiger partial charge in [0.05, 0.1) is 19.1 Å². The maximum absolute atomic E-state index is 12.3. The van der Waals surface area contributed by atoms with Crippen LogP contribution in [-0.2, 0) is 14.3 Å². The molecule has 0 saturated carbocycles. The molecule has 0 bridgehead atoms. The zero-order valence-electron chi connectivity index (χ0n) is 10.4. The summed E-state index contributed by atoms with van der Waals surface area (Å²) in [5.74, 6) is -0.661. The van der Waals surface area contributed by atoms with Crippen LogP contribution >= 0.6 is 0 Å². The molecule has 0 radical (unpaired) electrons. The number of hydrogen-bond acceptors (Lipinski definition) is 3. The fourth-order valence-corrected chi connectivity index (χ4v) is 2.51. The maximum atomic E-state index is 12.3. The third-order valence-electron chi connectivity index (χ3n) is 3.47. The molecular weight excluding hydrogens is 234 g/mol. The van der Waals surface area contributed by atoms with Crippen LogP contribution in [0.3, 0.4) is 0 Å². The van der Waals surface area contributed by atoms with E-state index in [4.69, 9.17) is 9.84 Å². The third-order valence-corrected chi connectivity index (χ3v) is 3.47. The highest BCUT2D eigenvalue weighted by atomic mass is 16.5. The van der Waals surface area contributed by atoms with Gasteiger partial charge in [0.15, 0.2) is 0 Å². The van der Waals surface area contributed by atoms with E-state index in [0.29, 0.717) is 19.7 Å². The molecule has 2 unspecified atom stereocenters. The van der Waals surface area contributed by atoms with Crippen LogP contribution in [0.5, 0.6) is 0 Å². The van der Waals surface area contributed by atoms with Crippen LogP contribution in [0.1, 0.15) is 25.7 Å². The molecule has 0 spiro atoms. The fraction of sp³-hybridized carbons (Fsp3) is 0.692. The molecule has 2 atom stereocenters. The first-order valence-corrected chi connectivity index (χ1v) is 6.44. The number of morpholine rings is 1. The summed E-state index contributed by atoms with van der Waals surface area (Å²) in [4.78, 5) is 24.7. The minimum atomic E-state index is -0.880. The monoisotopic (exact) mass is 253 g/mol. The van der Waals surface area contributed by atoms with Crippen LogP contribution in [-0.4, -0.2) is 47.7 Å². The van der Waals surface area contributed by atoms with Gasteiger partial charge in [0.1, 0.15) is 0 Å². The molecule has 1 N–H and O–H groups in total. The quantitative estimate of drug-likeness (QED) is 0.763. The molecule has 100 valence electrons. The SMILES string of the molecule is O=C(O)CC1CN(C(=O)C2CC=CCC2)CCO1. The summed E-state index contributed by atoms with van der Waals surface area (Å²) in [5.41, 5.74) is 0. The number of amides is 1. The number of ether oxygens (including phenoxy) is 1. The first kappa shape index (κ1) is 13.1. The van der Waals surface area contributed by atoms with Crippen molar-refractivity contribution in [3.05, 3.63) is 12.2 Å². The number of carbonyl (C=O) groups excluding carboxylic acids is 1. The lowest BCUT2D eigenvalue weighted by Crippen LogP contribution is -2.48. The molecule has 18 heavy (non-hydrogen) atoms. The van der Waals surface area contributed by atoms with Crippen molar-refractivity contribution < 1.29 is 19.4 Å². The van der Waals surface area contributed by atoms with E-state index in [1.807, 2.05) is 0 Å². The predicted octanol–water partition coefficient (Wildman–Crippen LogP) is 1.04. The summed E-state index contributed by atoms with van der Waals surface area (Å²) < 4.78 is 5.37. The Bertz CT molecular complexity index is 353. The van der Waals surface area contributed by atoms with Crippen LogP contribution in [0.2, 0.25) is 0 Å². The molecule has 5 nitrogen and oxygen atoms in total. The topological polar surface area (TPSA) is 66.8 Å². The Morgan fingerprint density at radius 3 is 2.89 bits per heavy atom. The highest BCUT2D eigenvalue weighted by Gasteiger charge is 2.30. The molecule has 1 amide bonds. The second-order valence-corrected chi connectivity index (χ2v) is 4.86. The zero-order valence-corrected chi connectivity index (χ0v) is 10.4. The van der Waals surface area contributed by atoms with Gasteiger partial charge in [0.2, 0.25) is 5.91 Å². The Morgan fingerprint density at radius 1 is 1.39 bits per heavy atom. The smallest absolute Gasteiger partial charge is 0.306 e. The Balaban J connectivity index is 1.89. The second-order valence-electron chi connectivity index (χ2n) is 4.86. The first-order chi connectivity index (χ1) is 8.66. The van der Waals surface area contributed by atoms with Gasteiger partial charge in [-0.1, -0.05) is 12.2 Å². The summed E-state index contributed by atoms with van der Waals surface area (Å²) in [6.07, 6.45) is 6.43. The number of carboxylic acid groups (broad SMARTS) is 1. The van der Waals surface area contributed by atoms with E-state index in [2.05, 4.69) is 12.2 Å². The average Bonchev–Trinajstić information content (AvgIpc) is 2.38. The van der Waals surface area contributed by atoms with Crippen LogP contribution in [0.4, 0.5) is 0 Å². The van der Waals surface area contributed by atoms with Gasteiger partial charge in [-0.05, 0) is 19.3 Å². The lowest BCUT2D eigenvalue weighted by molar-refractivity contribution is -0.150. The molecule has 5 heteroatoms. The third kappa shape index (κ3) is 3.32. The van der Waals surface area contributed by atoms with E-state index in [1.54, 1.807) is 4.90 Å². The summed E-state index contributed by atoms with van der Waals surface area (Å²) in [7, 11) is 0. The molecule has 2 rings (SSSR count). The van der Waals surface area contributed by atoms with E-state index in [1.165, 1.54) is 0 Å². The van der Waals surface area contributed by atoms with Crippen molar-refractivity contribution in [3.8, 4) is 0 Å². The van der Waals surface area contributed by atoms with Crippen molar-refractivity contribution in [3.63, 3.8) is 0 Å². The second kappa shape index (κ2) is 6.00. The van der Waals surface area contributed by atoms with E-state index < -0.39 is 5.97 Å². The van der Waals surface area contributed by atoms with Crippen molar-refractivity contribution in [2.45, 2.75) is 31.8 Å². The molecule has 1 aliphatic heterocycles. The van der Waals surface area contributed by atoms with Gasteiger partial charge in [-0.2, -0.15) is 0 Å². The van der Waals surface area contributed by atoms with Crippen LogP contribution < -0.4 is 0 Å². The Labute approximate surface area is 106 Å². The average molecular weight is 253 g/mol. The minimum Gasteiger partial charge on any atom is -0.481 e. The predicted molar refractivity (Wildman–Crippen MR) is 65.1 cm³/mol. The number of allylic oxidation sites excluding steroid dienone is 2. The minimum absolute atomic E-state index is 0.0334. The van der Waals surface area contributed by atoms with Crippen molar-refractivity contribution >= 4 is 11.9 Å². The van der Waals surface area contributed by atoms with Gasteiger partial charge in [-0.25, -0.2) is 0 Å². The van der Waals surface area contributed by atoms with Gasteiger partial charge in [0, 0.05) is 19.0 Å². The largest absolute Gasteiger partial charge is 0.481 e. The fourth-order valence-electron chi connectivity index (χ4n) is 2.51. The lowest BCUT2D eigenvalue weighted by Gasteiger charge is -2.34. The Morgan fingerprint density at radius 2 is 2.22 bits per heavy atom. The standard InChI is InChI=1S/C13H19NO4/c15-12(16)8-11-9-14(6-7-18-11)13(17)10-4-2-1-3-5-10/h1-2,10-11H,3-9H2,(H,15,16). The molecule has 1 aliphatic carbocycles. The summed E-state index contributed by atoms with van der Waals surface area (Å²) in [6.45, 7) is 1.42. The van der Waals surface area contributed by atoms with Crippen molar-refractivity contribution in [2.75, 3.05) is 19.7 Å². The summed E-state index contributed by atoms with van der Waals surface area (Å²) >= 11 is 0. The van der Waals surface area contributed by atoms with Crippen molar-refractivity contribution in [2.24, 2.45) is 5.92 Å².